The number of rotatable bonds is 3. The summed E-state index contributed by atoms with van der Waals surface area (Å²) in [6.07, 6.45) is 0. The summed E-state index contributed by atoms with van der Waals surface area (Å²) in [6.45, 7) is 1.38. The van der Waals surface area contributed by atoms with Crippen molar-refractivity contribution in [3.05, 3.63) is 29.8 Å². The normalized spacial score (nSPS) is 12.2. The van der Waals surface area contributed by atoms with E-state index in [2.05, 4.69) is 5.32 Å². The minimum Gasteiger partial charge on any atom is -0.480 e. The van der Waals surface area contributed by atoms with Crippen LogP contribution in [0.3, 0.4) is 0 Å². The Morgan fingerprint density at radius 1 is 1.36 bits per heavy atom. The lowest BCUT2D eigenvalue weighted by atomic mass is 10.2. The number of benzene rings is 1. The first kappa shape index (κ1) is 10.4. The number of halogens is 2. The largest absolute Gasteiger partial charge is 0.480 e. The van der Waals surface area contributed by atoms with Gasteiger partial charge < -0.3 is 10.4 Å². The van der Waals surface area contributed by atoms with E-state index in [0.717, 1.165) is 18.2 Å². The predicted octanol–water partition coefficient (Wildman–Crippen LogP) is 1.85. The van der Waals surface area contributed by atoms with Crippen molar-refractivity contribution in [1.29, 1.82) is 0 Å². The number of hydrogen-bond donors (Lipinski definition) is 2. The third-order valence-corrected chi connectivity index (χ3v) is 1.62. The van der Waals surface area contributed by atoms with Gasteiger partial charge in [-0.1, -0.05) is 0 Å². The minimum atomic E-state index is -1.09. The molecule has 0 fully saturated rings. The first-order valence-electron chi connectivity index (χ1n) is 3.94. The van der Waals surface area contributed by atoms with Crippen molar-refractivity contribution in [3.63, 3.8) is 0 Å². The molecule has 0 spiro atoms. The number of carboxylic acids is 1. The van der Waals surface area contributed by atoms with Gasteiger partial charge in [-0.15, -0.1) is 0 Å². The summed E-state index contributed by atoms with van der Waals surface area (Å²) in [5, 5.41) is 11.0. The van der Waals surface area contributed by atoms with Crippen LogP contribution in [-0.4, -0.2) is 17.1 Å². The summed E-state index contributed by atoms with van der Waals surface area (Å²) in [6, 6.07) is 1.89. The zero-order valence-corrected chi connectivity index (χ0v) is 7.42. The maximum Gasteiger partial charge on any atom is 0.325 e. The summed E-state index contributed by atoms with van der Waals surface area (Å²) >= 11 is 0. The lowest BCUT2D eigenvalue weighted by molar-refractivity contribution is -0.137. The fraction of sp³-hybridized carbons (Fsp3) is 0.222. The van der Waals surface area contributed by atoms with Gasteiger partial charge in [-0.25, -0.2) is 8.78 Å². The zero-order chi connectivity index (χ0) is 10.7. The molecule has 0 saturated carbocycles. The molecular formula is C9H9F2NO2. The van der Waals surface area contributed by atoms with E-state index in [1.807, 2.05) is 0 Å². The molecule has 0 radical (unpaired) electrons. The number of hydrogen-bond acceptors (Lipinski definition) is 2. The number of carbonyl (C=O) groups is 1. The Balaban J connectivity index is 2.81. The van der Waals surface area contributed by atoms with Crippen molar-refractivity contribution in [2.75, 3.05) is 5.32 Å². The van der Waals surface area contributed by atoms with Gasteiger partial charge in [-0.3, -0.25) is 4.79 Å². The summed E-state index contributed by atoms with van der Waals surface area (Å²) in [5.41, 5.74) is 0.109. The maximum absolute atomic E-state index is 12.7. The first-order valence-corrected chi connectivity index (χ1v) is 3.94. The van der Waals surface area contributed by atoms with Gasteiger partial charge in [-0.2, -0.15) is 0 Å². The number of nitrogens with one attached hydrogen (secondary N) is 1. The smallest absolute Gasteiger partial charge is 0.325 e. The molecular weight excluding hydrogens is 192 g/mol. The summed E-state index contributed by atoms with van der Waals surface area (Å²) in [4.78, 5) is 10.4. The van der Waals surface area contributed by atoms with Crippen molar-refractivity contribution in [2.24, 2.45) is 0 Å². The van der Waals surface area contributed by atoms with Gasteiger partial charge in [0.25, 0.3) is 0 Å². The predicted molar refractivity (Wildman–Crippen MR) is 47.1 cm³/mol. The molecule has 0 aliphatic rings. The molecule has 76 valence electrons. The average molecular weight is 201 g/mol. The second-order valence-electron chi connectivity index (χ2n) is 2.86. The molecule has 1 aromatic carbocycles. The van der Waals surface area contributed by atoms with Crippen molar-refractivity contribution in [1.82, 2.24) is 0 Å². The highest BCUT2D eigenvalue weighted by Crippen LogP contribution is 2.13. The summed E-state index contributed by atoms with van der Waals surface area (Å²) in [7, 11) is 0. The van der Waals surface area contributed by atoms with E-state index in [1.165, 1.54) is 6.92 Å². The maximum atomic E-state index is 12.7. The number of aliphatic carboxylic acids is 1. The van der Waals surface area contributed by atoms with E-state index >= 15 is 0 Å². The monoisotopic (exact) mass is 201 g/mol. The molecule has 0 amide bonds. The molecule has 5 heteroatoms. The number of carboxylic acid groups (broad SMARTS) is 1. The average Bonchev–Trinajstić information content (AvgIpc) is 2.01. The van der Waals surface area contributed by atoms with Crippen LogP contribution < -0.4 is 5.32 Å². The first-order chi connectivity index (χ1) is 6.49. The van der Waals surface area contributed by atoms with Crippen LogP contribution in [0, 0.1) is 11.6 Å². The van der Waals surface area contributed by atoms with Crippen LogP contribution in [0.4, 0.5) is 14.5 Å². The fourth-order valence-corrected chi connectivity index (χ4v) is 0.949. The molecule has 3 nitrogen and oxygen atoms in total. The van der Waals surface area contributed by atoms with Crippen molar-refractivity contribution >= 4 is 11.7 Å². The highest BCUT2D eigenvalue weighted by Gasteiger charge is 2.10. The van der Waals surface area contributed by atoms with Crippen LogP contribution in [0.5, 0.6) is 0 Å². The number of anilines is 1. The molecule has 0 heterocycles. The molecule has 0 aliphatic carbocycles. The molecule has 1 rings (SSSR count). The third kappa shape index (κ3) is 2.69. The van der Waals surface area contributed by atoms with Gasteiger partial charge in [0.2, 0.25) is 0 Å². The second-order valence-corrected chi connectivity index (χ2v) is 2.86. The Morgan fingerprint density at radius 2 is 1.86 bits per heavy atom. The Hall–Kier alpha value is -1.65. The van der Waals surface area contributed by atoms with E-state index < -0.39 is 23.6 Å². The fourth-order valence-electron chi connectivity index (χ4n) is 0.949. The zero-order valence-electron chi connectivity index (χ0n) is 7.42. The van der Waals surface area contributed by atoms with Crippen molar-refractivity contribution in [3.8, 4) is 0 Å². The molecule has 0 bridgehead atoms. The third-order valence-electron chi connectivity index (χ3n) is 1.62. The second kappa shape index (κ2) is 4.04. The quantitative estimate of drug-likeness (QED) is 0.784. The van der Waals surface area contributed by atoms with Crippen LogP contribution in [0.25, 0.3) is 0 Å². The van der Waals surface area contributed by atoms with E-state index in [9.17, 15) is 13.6 Å². The van der Waals surface area contributed by atoms with Crippen LogP contribution in [0.15, 0.2) is 18.2 Å². The van der Waals surface area contributed by atoms with Gasteiger partial charge in [0.1, 0.15) is 17.7 Å². The van der Waals surface area contributed by atoms with Crippen LogP contribution in [0.2, 0.25) is 0 Å². The molecule has 0 aliphatic heterocycles. The lowest BCUT2D eigenvalue weighted by Crippen LogP contribution is -2.25. The van der Waals surface area contributed by atoms with E-state index in [-0.39, 0.29) is 5.69 Å². The molecule has 0 aromatic heterocycles. The van der Waals surface area contributed by atoms with Crippen molar-refractivity contribution < 1.29 is 18.7 Å². The van der Waals surface area contributed by atoms with Gasteiger partial charge in [-0.05, 0) is 19.1 Å². The SMILES string of the molecule is C[C@H](Nc1cc(F)cc(F)c1)C(=O)O. The van der Waals surface area contributed by atoms with Crippen LogP contribution in [-0.2, 0) is 4.79 Å². The van der Waals surface area contributed by atoms with Gasteiger partial charge >= 0.3 is 5.97 Å². The van der Waals surface area contributed by atoms with E-state index in [0.29, 0.717) is 0 Å². The summed E-state index contributed by atoms with van der Waals surface area (Å²) in [5.74, 6) is -2.58. The molecule has 0 saturated heterocycles. The van der Waals surface area contributed by atoms with Gasteiger partial charge in [0.05, 0.1) is 0 Å². The lowest BCUT2D eigenvalue weighted by Gasteiger charge is -2.10. The van der Waals surface area contributed by atoms with E-state index in [1.54, 1.807) is 0 Å². The Kier molecular flexibility index (Phi) is 3.01. The highest BCUT2D eigenvalue weighted by atomic mass is 19.1. The summed E-state index contributed by atoms with van der Waals surface area (Å²) < 4.78 is 25.3. The van der Waals surface area contributed by atoms with Crippen LogP contribution in [0.1, 0.15) is 6.92 Å². The molecule has 14 heavy (non-hydrogen) atoms. The topological polar surface area (TPSA) is 49.3 Å². The standard InChI is InChI=1S/C9H9F2NO2/c1-5(9(13)14)12-8-3-6(10)2-7(11)4-8/h2-5,12H,1H3,(H,13,14)/t5-/m0/s1. The molecule has 0 unspecified atom stereocenters. The molecule has 2 N–H and O–H groups in total. The molecule has 1 aromatic rings. The Morgan fingerprint density at radius 3 is 2.29 bits per heavy atom. The highest BCUT2D eigenvalue weighted by molar-refractivity contribution is 5.76. The molecule has 1 atom stereocenters. The van der Waals surface area contributed by atoms with Gasteiger partial charge in [0.15, 0.2) is 0 Å². The van der Waals surface area contributed by atoms with Crippen LogP contribution >= 0.6 is 0 Å². The Labute approximate surface area is 79.4 Å². The van der Waals surface area contributed by atoms with Crippen molar-refractivity contribution in [2.45, 2.75) is 13.0 Å². The Bertz CT molecular complexity index is 334. The van der Waals surface area contributed by atoms with Gasteiger partial charge in [0, 0.05) is 11.8 Å². The minimum absolute atomic E-state index is 0.109. The van der Waals surface area contributed by atoms with E-state index in [4.69, 9.17) is 5.11 Å².